The Morgan fingerprint density at radius 2 is 0.500 bits per heavy atom. The number of hydrogen-bond donors (Lipinski definition) is 0. The highest BCUT2D eigenvalue weighted by atomic mass is 32.1. The number of nitrogens with zero attached hydrogens (tertiary/aromatic N) is 10. The molecule has 0 bridgehead atoms. The molecule has 0 atom stereocenters. The molecule has 738 valence electrons. The lowest BCUT2D eigenvalue weighted by molar-refractivity contribution is 0.542. The fourth-order valence-electron chi connectivity index (χ4n) is 20.4. The van der Waals surface area contributed by atoms with E-state index in [1.807, 2.05) is 72.0 Å². The predicted molar refractivity (Wildman–Crippen MR) is 637 cm³/mol. The summed E-state index contributed by atoms with van der Waals surface area (Å²) in [5.41, 5.74) is 34.8. The summed E-state index contributed by atoms with van der Waals surface area (Å²) < 4.78 is 17.7. The van der Waals surface area contributed by atoms with Gasteiger partial charge in [-0.1, -0.05) is 398 Å². The Labute approximate surface area is 881 Å². The maximum absolute atomic E-state index is 6.01. The number of para-hydroxylation sites is 11. The summed E-state index contributed by atoms with van der Waals surface area (Å²) in [5, 5.41) is 11.0. The van der Waals surface area contributed by atoms with Gasteiger partial charge >= 0.3 is 0 Å². The summed E-state index contributed by atoms with van der Waals surface area (Å²) in [4.78, 5) is 29.6. The van der Waals surface area contributed by atoms with E-state index < -0.39 is 0 Å². The van der Waals surface area contributed by atoms with E-state index in [9.17, 15) is 0 Å². The van der Waals surface area contributed by atoms with E-state index in [0.29, 0.717) is 0 Å². The molecule has 0 saturated heterocycles. The molecule has 0 aliphatic rings. The van der Waals surface area contributed by atoms with Crippen LogP contribution in [0.25, 0.3) is 209 Å². The van der Waals surface area contributed by atoms with Crippen LogP contribution >= 0.6 is 11.3 Å². The fourth-order valence-corrected chi connectivity index (χ4v) is 21.5. The molecule has 0 aliphatic carbocycles. The summed E-state index contributed by atoms with van der Waals surface area (Å²) >= 11 is 1.88. The summed E-state index contributed by atoms with van der Waals surface area (Å²) in [6.45, 7) is 40.3. The molecule has 0 N–H and O–H groups in total. The minimum atomic E-state index is -0.0498. The van der Waals surface area contributed by atoms with Gasteiger partial charge in [-0.05, 0) is 240 Å². The number of rotatable bonds is 6. The van der Waals surface area contributed by atoms with Gasteiger partial charge in [0.1, 0.15) is 45.6 Å². The van der Waals surface area contributed by atoms with Crippen LogP contribution in [0, 0.1) is 0 Å². The first kappa shape index (κ1) is 97.9. The van der Waals surface area contributed by atoms with Crippen LogP contribution in [0.2, 0.25) is 0 Å². The summed E-state index contributed by atoms with van der Waals surface area (Å²) in [7, 11) is 0. The lowest BCUT2D eigenvalue weighted by atomic mass is 9.86. The van der Waals surface area contributed by atoms with Crippen molar-refractivity contribution in [3.05, 3.63) is 458 Å². The minimum absolute atomic E-state index is 0.0498. The summed E-state index contributed by atoms with van der Waals surface area (Å²) in [5.74, 6) is 2.91. The van der Waals surface area contributed by atoms with Gasteiger partial charge in [0.2, 0.25) is 0 Å². The van der Waals surface area contributed by atoms with E-state index >= 15 is 0 Å². The normalized spacial score (nSPS) is 12.2. The lowest BCUT2D eigenvalue weighted by Crippen LogP contribution is -2.18. The molecule has 9 heterocycles. The quantitative estimate of drug-likeness (QED) is 0.163. The van der Waals surface area contributed by atoms with Crippen LogP contribution in [0.5, 0.6) is 0 Å². The van der Waals surface area contributed by atoms with Crippen molar-refractivity contribution in [2.75, 3.05) is 0 Å². The second-order valence-corrected chi connectivity index (χ2v) is 46.7. The van der Waals surface area contributed by atoms with Crippen molar-refractivity contribution in [1.82, 2.24) is 47.7 Å². The first-order valence-electron chi connectivity index (χ1n) is 52.1. The molecule has 0 amide bonds. The fraction of sp³-hybridized carbons (Fsp3) is 0.174. The lowest BCUT2D eigenvalue weighted by Gasteiger charge is -2.20. The minimum Gasteiger partial charge on any atom is -0.456 e. The van der Waals surface area contributed by atoms with Crippen LogP contribution in [0.4, 0.5) is 0 Å². The zero-order valence-corrected chi connectivity index (χ0v) is 89.5. The smallest absolute Gasteiger partial charge is 0.149 e. The van der Waals surface area contributed by atoms with E-state index in [1.165, 1.54) is 120 Å². The molecule has 0 aliphatic heterocycles. The van der Waals surface area contributed by atoms with Crippen LogP contribution in [-0.4, -0.2) is 47.7 Å². The third-order valence-corrected chi connectivity index (χ3v) is 29.9. The Hall–Kier alpha value is -16.8. The van der Waals surface area contributed by atoms with E-state index in [1.54, 1.807) is 0 Å². The highest BCUT2D eigenvalue weighted by Crippen LogP contribution is 2.44. The monoisotopic (exact) mass is 1970 g/mol. The molecule has 27 aromatic rings. The molecule has 150 heavy (non-hydrogen) atoms. The van der Waals surface area contributed by atoms with Crippen LogP contribution in [0.1, 0.15) is 158 Å². The highest BCUT2D eigenvalue weighted by molar-refractivity contribution is 7.25. The van der Waals surface area contributed by atoms with Gasteiger partial charge < -0.3 is 8.98 Å². The van der Waals surface area contributed by atoms with Crippen molar-refractivity contribution < 1.29 is 4.42 Å². The van der Waals surface area contributed by atoms with Crippen molar-refractivity contribution in [3.8, 4) is 61.8 Å². The number of benzene rings is 18. The third-order valence-electron chi connectivity index (χ3n) is 28.8. The van der Waals surface area contributed by atoms with Crippen LogP contribution < -0.4 is 0 Å². The molecule has 18 aromatic carbocycles. The largest absolute Gasteiger partial charge is 0.456 e. The van der Waals surface area contributed by atoms with Gasteiger partial charge in [0, 0.05) is 80.1 Å². The van der Waals surface area contributed by atoms with E-state index in [2.05, 4.69) is 506 Å². The number of fused-ring (bicyclic) bond motifs is 24. The topological polar surface area (TPSA) is 109 Å². The average molecular weight is 1970 g/mol. The maximum atomic E-state index is 6.01. The van der Waals surface area contributed by atoms with E-state index in [4.69, 9.17) is 34.3 Å². The molecule has 0 radical (unpaired) electrons. The summed E-state index contributed by atoms with van der Waals surface area (Å²) in [6, 6.07) is 150. The molecular weight excluding hydrogens is 1850 g/mol. The van der Waals surface area contributed by atoms with Gasteiger partial charge in [0.05, 0.1) is 60.7 Å². The summed E-state index contributed by atoms with van der Waals surface area (Å²) in [6.07, 6.45) is 0. The van der Waals surface area contributed by atoms with Gasteiger partial charge in [-0.2, -0.15) is 0 Å². The first-order chi connectivity index (χ1) is 72.2. The Bertz CT molecular complexity index is 9520. The highest BCUT2D eigenvalue weighted by Gasteiger charge is 2.28. The van der Waals surface area contributed by atoms with Gasteiger partial charge in [0.25, 0.3) is 0 Å². The number of thiophene rings is 1. The van der Waals surface area contributed by atoms with Gasteiger partial charge in [-0.3, -0.25) is 13.2 Å². The molecule has 12 heteroatoms. The van der Waals surface area contributed by atoms with E-state index in [0.717, 1.165) is 123 Å². The van der Waals surface area contributed by atoms with Crippen LogP contribution in [0.15, 0.2) is 429 Å². The molecule has 11 nitrogen and oxygen atoms in total. The first-order valence-corrected chi connectivity index (χ1v) is 52.9. The second-order valence-electron chi connectivity index (χ2n) is 45.6. The number of hydrogen-bond acceptors (Lipinski definition) is 8. The van der Waals surface area contributed by atoms with Gasteiger partial charge in [-0.15, -0.1) is 11.3 Å². The van der Waals surface area contributed by atoms with E-state index in [-0.39, 0.29) is 32.5 Å². The molecule has 0 unspecified atom stereocenters. The van der Waals surface area contributed by atoms with Crippen LogP contribution in [0.3, 0.4) is 0 Å². The Kier molecular flexibility index (Phi) is 25.5. The molecule has 9 aromatic heterocycles. The zero-order chi connectivity index (χ0) is 104. The predicted octanol–water partition coefficient (Wildman–Crippen LogP) is 37.7. The number of aromatic nitrogens is 10. The Balaban J connectivity index is 0.000000102. The Morgan fingerprint density at radius 3 is 0.960 bits per heavy atom. The molecule has 0 saturated carbocycles. The van der Waals surface area contributed by atoms with Gasteiger partial charge in [0.15, 0.2) is 0 Å². The number of imidazole rings is 3. The van der Waals surface area contributed by atoms with Gasteiger partial charge in [-0.25, -0.2) is 29.9 Å². The molecular formula is C138H124N10OS. The van der Waals surface area contributed by atoms with Crippen molar-refractivity contribution in [2.24, 2.45) is 0 Å². The molecule has 0 spiro atoms. The van der Waals surface area contributed by atoms with Crippen LogP contribution in [-0.2, 0) is 32.5 Å². The van der Waals surface area contributed by atoms with Crippen molar-refractivity contribution >= 4 is 158 Å². The molecule has 0 fully saturated rings. The van der Waals surface area contributed by atoms with Crippen molar-refractivity contribution in [1.29, 1.82) is 0 Å². The zero-order valence-electron chi connectivity index (χ0n) is 88.7. The Morgan fingerprint density at radius 1 is 0.193 bits per heavy atom. The maximum Gasteiger partial charge on any atom is 0.149 e. The van der Waals surface area contributed by atoms with Crippen molar-refractivity contribution in [2.45, 2.75) is 157 Å². The standard InChI is InChI=1S/C28H25N.2C24H21N3.C22H20O.C22H20S.C18H17N3/c1-28(2,3)22-16-12-20(13-17-22)21-14-18-23(19-15-21)29-26-10-6-4-8-24(26)25-9-5-7-11-27(25)29;1-24(2,3)17-10-8-9-16(15-17)22-25-19-12-5-4-11-18(19)23-26-20-13-6-7-14-21(20)27(22)23;1-24(2,3)17-14-12-16(13-15-17)22-25-19-9-5-4-8-18(19)23-26-20-10-6-7-11-21(20)27(22)23;2*1-22(2,3)17-10-12-21-19(14-17)18-13-16(9-11-20(18)23-21)15-7-5-4-6-8-15;1-18(2,3)17-20-13-9-5-4-8-12(13)16-19-14-10-6-7-11-15(14)21(16)17/h4-19H,1-3H3;2*4-15H,1-3H3;2*4-14H,1-3H3;4-11H,1-3H3. The average Bonchev–Trinajstić information content (AvgIpc) is 1.58. The SMILES string of the molecule is CC(C)(C)c1ccc(-c2ccc(-n3c4ccccc4c4ccccc43)cc2)cc1.CC(C)(C)c1ccc(-c2nc3ccccc3c3nc4ccccc4n23)cc1.CC(C)(C)c1ccc2oc3ccc(-c4ccccc4)cc3c2c1.CC(C)(C)c1ccc2sc3ccc(-c4ccccc4)cc3c2c1.CC(C)(C)c1cccc(-c2nc3ccccc3c3nc4ccccc4n23)c1.CC(C)(C)c1nc2ccccc2c2nc3ccccc3n12. The third kappa shape index (κ3) is 19.3. The molecule has 27 rings (SSSR count). The number of furan rings is 1. The second kappa shape index (κ2) is 39.1. The van der Waals surface area contributed by atoms with Crippen molar-refractivity contribution in [3.63, 3.8) is 0 Å².